The van der Waals surface area contributed by atoms with Crippen LogP contribution >= 0.6 is 11.3 Å². The van der Waals surface area contributed by atoms with E-state index < -0.39 is 0 Å². The summed E-state index contributed by atoms with van der Waals surface area (Å²) in [6, 6.07) is 31.0. The van der Waals surface area contributed by atoms with Crippen LogP contribution in [0.1, 0.15) is 0 Å². The fourth-order valence-corrected chi connectivity index (χ4v) is 5.89. The Labute approximate surface area is 164 Å². The SMILES string of the molecule is c1ccc2c(c1)sc1cc3[nH]c4c5ccccc5c5ccccc5c4c3cc12. The molecule has 0 fully saturated rings. The number of aromatic amines is 1. The second-order valence-corrected chi connectivity index (χ2v) is 8.54. The van der Waals surface area contributed by atoms with Gasteiger partial charge in [0.2, 0.25) is 0 Å². The van der Waals surface area contributed by atoms with E-state index in [1.54, 1.807) is 0 Å². The minimum absolute atomic E-state index is 1.22. The van der Waals surface area contributed by atoms with Gasteiger partial charge in [-0.3, -0.25) is 0 Å². The van der Waals surface area contributed by atoms with Crippen molar-refractivity contribution in [1.82, 2.24) is 4.98 Å². The third kappa shape index (κ3) is 1.76. The zero-order valence-electron chi connectivity index (χ0n) is 15.0. The van der Waals surface area contributed by atoms with Gasteiger partial charge in [0.25, 0.3) is 0 Å². The topological polar surface area (TPSA) is 15.8 Å². The van der Waals surface area contributed by atoms with Crippen molar-refractivity contribution in [1.29, 1.82) is 0 Å². The van der Waals surface area contributed by atoms with E-state index in [9.17, 15) is 0 Å². The van der Waals surface area contributed by atoms with Crippen LogP contribution < -0.4 is 0 Å². The third-order valence-electron chi connectivity index (χ3n) is 5.98. The zero-order chi connectivity index (χ0) is 18.2. The number of nitrogens with one attached hydrogen (secondary N) is 1. The van der Waals surface area contributed by atoms with Gasteiger partial charge in [0.1, 0.15) is 0 Å². The zero-order valence-corrected chi connectivity index (χ0v) is 15.8. The van der Waals surface area contributed by atoms with Gasteiger partial charge < -0.3 is 4.98 Å². The summed E-state index contributed by atoms with van der Waals surface area (Å²) >= 11 is 1.87. The largest absolute Gasteiger partial charge is 0.354 e. The summed E-state index contributed by atoms with van der Waals surface area (Å²) in [5, 5.41) is 10.6. The highest BCUT2D eigenvalue weighted by Crippen LogP contribution is 2.42. The van der Waals surface area contributed by atoms with Crippen LogP contribution in [0, 0.1) is 0 Å². The molecule has 0 unspecified atom stereocenters. The summed E-state index contributed by atoms with van der Waals surface area (Å²) < 4.78 is 2.69. The lowest BCUT2D eigenvalue weighted by Crippen LogP contribution is -1.80. The Morgan fingerprint density at radius 3 is 1.96 bits per heavy atom. The lowest BCUT2D eigenvalue weighted by atomic mass is 9.96. The molecule has 2 aromatic heterocycles. The maximum Gasteiger partial charge on any atom is 0.0551 e. The van der Waals surface area contributed by atoms with Gasteiger partial charge in [-0.15, -0.1) is 11.3 Å². The van der Waals surface area contributed by atoms with E-state index in [2.05, 4.69) is 89.9 Å². The highest BCUT2D eigenvalue weighted by atomic mass is 32.1. The van der Waals surface area contributed by atoms with Gasteiger partial charge in [0, 0.05) is 41.8 Å². The molecule has 0 aliphatic heterocycles. The fraction of sp³-hybridized carbons (Fsp3) is 0. The molecule has 0 atom stereocenters. The van der Waals surface area contributed by atoms with Crippen molar-refractivity contribution >= 4 is 74.9 Å². The summed E-state index contributed by atoms with van der Waals surface area (Å²) in [5.41, 5.74) is 2.46. The highest BCUT2D eigenvalue weighted by molar-refractivity contribution is 7.25. The van der Waals surface area contributed by atoms with Crippen LogP contribution in [0.2, 0.25) is 0 Å². The number of H-pyrrole nitrogens is 1. The second-order valence-electron chi connectivity index (χ2n) is 7.46. The molecular weight excluding hydrogens is 358 g/mol. The van der Waals surface area contributed by atoms with E-state index in [0.717, 1.165) is 0 Å². The summed E-state index contributed by atoms with van der Waals surface area (Å²) in [6.45, 7) is 0. The Morgan fingerprint density at radius 2 is 1.14 bits per heavy atom. The van der Waals surface area contributed by atoms with Crippen molar-refractivity contribution < 1.29 is 0 Å². The summed E-state index contributed by atoms with van der Waals surface area (Å²) in [6.07, 6.45) is 0. The van der Waals surface area contributed by atoms with Gasteiger partial charge in [0.15, 0.2) is 0 Å². The van der Waals surface area contributed by atoms with Gasteiger partial charge in [0.05, 0.1) is 5.52 Å². The fourth-order valence-electron chi connectivity index (χ4n) is 4.77. The Bertz CT molecular complexity index is 1720. The van der Waals surface area contributed by atoms with Crippen molar-refractivity contribution in [3.63, 3.8) is 0 Å². The molecule has 2 heterocycles. The molecule has 0 bridgehead atoms. The standard InChI is InChI=1S/C26H15NS/c1-3-10-18-15(7-1)16-8-2-4-11-19(16)26-25(18)21-13-20-17-9-5-6-12-23(17)28-24(20)14-22(21)27-26/h1-14,27H. The minimum Gasteiger partial charge on any atom is -0.354 e. The van der Waals surface area contributed by atoms with E-state index in [0.29, 0.717) is 0 Å². The van der Waals surface area contributed by atoms with Crippen LogP contribution in [-0.2, 0) is 0 Å². The quantitative estimate of drug-likeness (QED) is 0.259. The molecule has 7 aromatic rings. The molecule has 130 valence electrons. The molecular formula is C26H15NS. The van der Waals surface area contributed by atoms with Crippen molar-refractivity contribution in [3.05, 3.63) is 84.9 Å². The lowest BCUT2D eigenvalue weighted by molar-refractivity contribution is 1.58. The maximum atomic E-state index is 3.76. The molecule has 1 nitrogen and oxygen atoms in total. The molecule has 0 aliphatic carbocycles. The number of hydrogen-bond acceptors (Lipinski definition) is 1. The van der Waals surface area contributed by atoms with E-state index in [1.807, 2.05) is 11.3 Å². The molecule has 5 aromatic carbocycles. The first-order valence-corrected chi connectivity index (χ1v) is 10.4. The Morgan fingerprint density at radius 1 is 0.500 bits per heavy atom. The average molecular weight is 373 g/mol. The van der Waals surface area contributed by atoms with Gasteiger partial charge in [-0.05, 0) is 34.4 Å². The molecule has 0 spiro atoms. The molecule has 0 amide bonds. The molecule has 0 radical (unpaired) electrons. The number of aromatic nitrogens is 1. The van der Waals surface area contributed by atoms with E-state index in [-0.39, 0.29) is 0 Å². The highest BCUT2D eigenvalue weighted by Gasteiger charge is 2.15. The monoisotopic (exact) mass is 373 g/mol. The smallest absolute Gasteiger partial charge is 0.0551 e. The first-order chi connectivity index (χ1) is 13.9. The predicted octanol–water partition coefficient (Wildman–Crippen LogP) is 8.00. The molecule has 7 rings (SSSR count). The molecule has 0 saturated carbocycles. The lowest BCUT2D eigenvalue weighted by Gasteiger charge is -2.07. The molecule has 1 N–H and O–H groups in total. The summed E-state index contributed by atoms with van der Waals surface area (Å²) in [7, 11) is 0. The van der Waals surface area contributed by atoms with Crippen molar-refractivity contribution in [3.8, 4) is 0 Å². The van der Waals surface area contributed by atoms with Gasteiger partial charge in [-0.2, -0.15) is 0 Å². The van der Waals surface area contributed by atoms with Crippen LogP contribution in [0.25, 0.3) is 63.5 Å². The molecule has 28 heavy (non-hydrogen) atoms. The van der Waals surface area contributed by atoms with Crippen molar-refractivity contribution in [2.45, 2.75) is 0 Å². The van der Waals surface area contributed by atoms with E-state index in [4.69, 9.17) is 0 Å². The Hall–Kier alpha value is -3.36. The number of rotatable bonds is 0. The molecule has 0 saturated heterocycles. The van der Waals surface area contributed by atoms with Crippen LogP contribution in [0.3, 0.4) is 0 Å². The predicted molar refractivity (Wildman–Crippen MR) is 124 cm³/mol. The summed E-state index contributed by atoms with van der Waals surface area (Å²) in [5.74, 6) is 0. The molecule has 0 aliphatic rings. The van der Waals surface area contributed by atoms with E-state index in [1.165, 1.54) is 63.5 Å². The second kappa shape index (κ2) is 5.12. The first-order valence-electron chi connectivity index (χ1n) is 9.54. The third-order valence-corrected chi connectivity index (χ3v) is 7.11. The van der Waals surface area contributed by atoms with E-state index >= 15 is 0 Å². The van der Waals surface area contributed by atoms with Crippen LogP contribution in [0.15, 0.2) is 84.9 Å². The number of benzene rings is 5. The Kier molecular flexibility index (Phi) is 2.68. The first kappa shape index (κ1) is 14.7. The van der Waals surface area contributed by atoms with Crippen LogP contribution in [0.5, 0.6) is 0 Å². The number of thiophene rings is 1. The van der Waals surface area contributed by atoms with Crippen molar-refractivity contribution in [2.24, 2.45) is 0 Å². The normalized spacial score (nSPS) is 12.3. The minimum atomic E-state index is 1.22. The Balaban J connectivity index is 1.80. The molecule has 2 heteroatoms. The van der Waals surface area contributed by atoms with Gasteiger partial charge in [-0.1, -0.05) is 66.7 Å². The number of fused-ring (bicyclic) bond motifs is 11. The van der Waals surface area contributed by atoms with Crippen LogP contribution in [0.4, 0.5) is 0 Å². The van der Waals surface area contributed by atoms with Gasteiger partial charge >= 0.3 is 0 Å². The maximum absolute atomic E-state index is 3.76. The van der Waals surface area contributed by atoms with Crippen LogP contribution in [-0.4, -0.2) is 4.98 Å². The van der Waals surface area contributed by atoms with Crippen molar-refractivity contribution in [2.75, 3.05) is 0 Å². The average Bonchev–Trinajstić information content (AvgIpc) is 3.30. The van der Waals surface area contributed by atoms with Gasteiger partial charge in [-0.25, -0.2) is 0 Å². The number of hydrogen-bond donors (Lipinski definition) is 1. The summed E-state index contributed by atoms with van der Waals surface area (Å²) in [4.78, 5) is 3.76.